The van der Waals surface area contributed by atoms with Gasteiger partial charge in [0.1, 0.15) is 0 Å². The second-order valence-corrected chi connectivity index (χ2v) is 6.34. The summed E-state index contributed by atoms with van der Waals surface area (Å²) in [5, 5.41) is 3.11. The average molecular weight is 316 g/mol. The van der Waals surface area contributed by atoms with Gasteiger partial charge in [-0.1, -0.05) is 44.2 Å². The smallest absolute Gasteiger partial charge is 0.225 e. The van der Waals surface area contributed by atoms with Gasteiger partial charge in [-0.2, -0.15) is 0 Å². The molecule has 0 aromatic heterocycles. The van der Waals surface area contributed by atoms with E-state index < -0.39 is 0 Å². The summed E-state index contributed by atoms with van der Waals surface area (Å²) < 4.78 is 0. The molecule has 4 heteroatoms. The van der Waals surface area contributed by atoms with Crippen LogP contribution in [0.2, 0.25) is 0 Å². The molecule has 1 fully saturated rings. The number of piperidine rings is 1. The topological polar surface area (TPSA) is 49.4 Å². The van der Waals surface area contributed by atoms with Gasteiger partial charge in [-0.15, -0.1) is 0 Å². The second kappa shape index (κ2) is 8.70. The van der Waals surface area contributed by atoms with Crippen LogP contribution in [0, 0.1) is 5.92 Å². The summed E-state index contributed by atoms with van der Waals surface area (Å²) in [5.41, 5.74) is 1.03. The monoisotopic (exact) mass is 316 g/mol. The number of benzene rings is 1. The highest BCUT2D eigenvalue weighted by Crippen LogP contribution is 2.17. The normalized spacial score (nSPS) is 15.7. The summed E-state index contributed by atoms with van der Waals surface area (Å²) >= 11 is 0. The summed E-state index contributed by atoms with van der Waals surface area (Å²) in [7, 11) is 0. The summed E-state index contributed by atoms with van der Waals surface area (Å²) in [4.78, 5) is 26.4. The second-order valence-electron chi connectivity index (χ2n) is 6.34. The zero-order valence-corrected chi connectivity index (χ0v) is 14.3. The molecular weight excluding hydrogens is 288 g/mol. The van der Waals surface area contributed by atoms with E-state index in [-0.39, 0.29) is 23.8 Å². The highest BCUT2D eigenvalue weighted by atomic mass is 16.2. The lowest BCUT2D eigenvalue weighted by atomic mass is 9.98. The molecule has 1 N–H and O–H groups in total. The third-order valence-corrected chi connectivity index (χ3v) is 4.71. The molecule has 0 atom stereocenters. The van der Waals surface area contributed by atoms with Crippen LogP contribution in [0.15, 0.2) is 30.3 Å². The number of amides is 2. The molecule has 0 saturated carbocycles. The van der Waals surface area contributed by atoms with E-state index in [1.54, 1.807) is 0 Å². The van der Waals surface area contributed by atoms with Gasteiger partial charge in [-0.25, -0.2) is 0 Å². The molecular formula is C19H28N2O2. The predicted molar refractivity (Wildman–Crippen MR) is 92.0 cm³/mol. The lowest BCUT2D eigenvalue weighted by molar-refractivity contribution is -0.137. The Kier molecular flexibility index (Phi) is 6.63. The summed E-state index contributed by atoms with van der Waals surface area (Å²) in [5.74, 6) is 0.504. The Morgan fingerprint density at radius 1 is 1.13 bits per heavy atom. The Morgan fingerprint density at radius 2 is 1.74 bits per heavy atom. The highest BCUT2D eigenvalue weighted by molar-refractivity contribution is 5.80. The van der Waals surface area contributed by atoms with Crippen LogP contribution in [0.3, 0.4) is 0 Å². The lowest BCUT2D eigenvalue weighted by Gasteiger charge is -2.34. The zero-order valence-electron chi connectivity index (χ0n) is 14.3. The Morgan fingerprint density at radius 3 is 2.30 bits per heavy atom. The molecule has 1 aromatic carbocycles. The first-order valence-electron chi connectivity index (χ1n) is 8.76. The first-order chi connectivity index (χ1) is 11.1. The number of nitrogens with zero attached hydrogens (tertiary/aromatic N) is 1. The lowest BCUT2D eigenvalue weighted by Crippen LogP contribution is -2.48. The molecule has 0 bridgehead atoms. The SMILES string of the molecule is CCC(CC)C(=O)N1CCC(NC(=O)Cc2ccccc2)CC1. The standard InChI is InChI=1S/C19H28N2O2/c1-3-16(4-2)19(23)21-12-10-17(11-13-21)20-18(22)14-15-8-6-5-7-9-15/h5-9,16-17H,3-4,10-14H2,1-2H3,(H,20,22). The number of hydrogen-bond donors (Lipinski definition) is 1. The van der Waals surface area contributed by atoms with E-state index in [1.165, 1.54) is 0 Å². The van der Waals surface area contributed by atoms with Crippen molar-refractivity contribution in [3.8, 4) is 0 Å². The van der Waals surface area contributed by atoms with Gasteiger partial charge in [0.05, 0.1) is 6.42 Å². The molecule has 126 valence electrons. The third-order valence-electron chi connectivity index (χ3n) is 4.71. The van der Waals surface area contributed by atoms with Gasteiger partial charge in [0.2, 0.25) is 11.8 Å². The largest absolute Gasteiger partial charge is 0.353 e. The van der Waals surface area contributed by atoms with Crippen LogP contribution in [0.1, 0.15) is 45.1 Å². The molecule has 1 aliphatic rings. The van der Waals surface area contributed by atoms with Crippen molar-refractivity contribution in [1.29, 1.82) is 0 Å². The summed E-state index contributed by atoms with van der Waals surface area (Å²) in [6, 6.07) is 9.98. The summed E-state index contributed by atoms with van der Waals surface area (Å²) in [6.45, 7) is 5.66. The number of carbonyl (C=O) groups is 2. The minimum Gasteiger partial charge on any atom is -0.353 e. The molecule has 0 radical (unpaired) electrons. The Hall–Kier alpha value is -1.84. The fraction of sp³-hybridized carbons (Fsp3) is 0.579. The van der Waals surface area contributed by atoms with E-state index >= 15 is 0 Å². The van der Waals surface area contributed by atoms with E-state index in [4.69, 9.17) is 0 Å². The van der Waals surface area contributed by atoms with Crippen LogP contribution >= 0.6 is 0 Å². The molecule has 23 heavy (non-hydrogen) atoms. The molecule has 0 aliphatic carbocycles. The predicted octanol–water partition coefficient (Wildman–Crippen LogP) is 2.77. The van der Waals surface area contributed by atoms with Crippen LogP contribution in [-0.2, 0) is 16.0 Å². The molecule has 4 nitrogen and oxygen atoms in total. The Labute approximate surface area is 139 Å². The third kappa shape index (κ3) is 5.08. The number of rotatable bonds is 6. The van der Waals surface area contributed by atoms with Gasteiger partial charge in [0.25, 0.3) is 0 Å². The maximum absolute atomic E-state index is 12.4. The van der Waals surface area contributed by atoms with Crippen LogP contribution in [0.4, 0.5) is 0 Å². The molecule has 0 unspecified atom stereocenters. The van der Waals surface area contributed by atoms with Gasteiger partial charge >= 0.3 is 0 Å². The van der Waals surface area contributed by atoms with Crippen LogP contribution in [0.5, 0.6) is 0 Å². The number of likely N-dealkylation sites (tertiary alicyclic amines) is 1. The number of carbonyl (C=O) groups excluding carboxylic acids is 2. The quantitative estimate of drug-likeness (QED) is 0.877. The van der Waals surface area contributed by atoms with E-state index in [2.05, 4.69) is 19.2 Å². The van der Waals surface area contributed by atoms with Crippen LogP contribution in [-0.4, -0.2) is 35.8 Å². The Balaban J connectivity index is 1.76. The van der Waals surface area contributed by atoms with Crippen LogP contribution in [0.25, 0.3) is 0 Å². The van der Waals surface area contributed by atoms with Crippen molar-refractivity contribution in [1.82, 2.24) is 10.2 Å². The minimum absolute atomic E-state index is 0.0703. The van der Waals surface area contributed by atoms with Gasteiger partial charge in [0.15, 0.2) is 0 Å². The van der Waals surface area contributed by atoms with E-state index in [9.17, 15) is 9.59 Å². The first-order valence-corrected chi connectivity index (χ1v) is 8.76. The molecule has 2 amide bonds. The van der Waals surface area contributed by atoms with Crippen molar-refractivity contribution in [3.05, 3.63) is 35.9 Å². The van der Waals surface area contributed by atoms with Gasteiger partial charge in [-0.05, 0) is 31.2 Å². The van der Waals surface area contributed by atoms with Crippen molar-refractivity contribution in [2.24, 2.45) is 5.92 Å². The van der Waals surface area contributed by atoms with Crippen molar-refractivity contribution in [2.75, 3.05) is 13.1 Å². The van der Waals surface area contributed by atoms with Crippen molar-refractivity contribution in [3.63, 3.8) is 0 Å². The van der Waals surface area contributed by atoms with Gasteiger partial charge in [-0.3, -0.25) is 9.59 Å². The van der Waals surface area contributed by atoms with Crippen molar-refractivity contribution >= 4 is 11.8 Å². The van der Waals surface area contributed by atoms with Gasteiger partial charge in [0, 0.05) is 25.0 Å². The molecule has 1 heterocycles. The average Bonchev–Trinajstić information content (AvgIpc) is 2.57. The van der Waals surface area contributed by atoms with Crippen molar-refractivity contribution in [2.45, 2.75) is 52.0 Å². The van der Waals surface area contributed by atoms with E-state index in [0.29, 0.717) is 6.42 Å². The van der Waals surface area contributed by atoms with E-state index in [1.807, 2.05) is 35.2 Å². The molecule has 1 aliphatic heterocycles. The number of hydrogen-bond acceptors (Lipinski definition) is 2. The van der Waals surface area contributed by atoms with E-state index in [0.717, 1.165) is 44.3 Å². The number of nitrogens with one attached hydrogen (secondary N) is 1. The zero-order chi connectivity index (χ0) is 16.7. The fourth-order valence-corrected chi connectivity index (χ4v) is 3.20. The molecule has 2 rings (SSSR count). The minimum atomic E-state index is 0.0703. The van der Waals surface area contributed by atoms with Crippen molar-refractivity contribution < 1.29 is 9.59 Å². The fourth-order valence-electron chi connectivity index (χ4n) is 3.20. The summed E-state index contributed by atoms with van der Waals surface area (Å²) in [6.07, 6.45) is 3.94. The molecule has 1 aromatic rings. The molecule has 0 spiro atoms. The maximum Gasteiger partial charge on any atom is 0.225 e. The first kappa shape index (κ1) is 17.5. The highest BCUT2D eigenvalue weighted by Gasteiger charge is 2.27. The van der Waals surface area contributed by atoms with Crippen LogP contribution < -0.4 is 5.32 Å². The molecule has 1 saturated heterocycles. The Bertz CT molecular complexity index is 503. The van der Waals surface area contributed by atoms with Gasteiger partial charge < -0.3 is 10.2 Å². The maximum atomic E-state index is 12.4.